The molecule has 5 nitrogen and oxygen atoms in total. The average Bonchev–Trinajstić information content (AvgIpc) is 2.60. The van der Waals surface area contributed by atoms with E-state index >= 15 is 0 Å². The summed E-state index contributed by atoms with van der Waals surface area (Å²) < 4.78 is 5.23. The highest BCUT2D eigenvalue weighted by molar-refractivity contribution is 5.93. The number of aromatic nitrogens is 1. The Hall–Kier alpha value is -3.08. The Morgan fingerprint density at radius 1 is 1.08 bits per heavy atom. The molecule has 2 aromatic carbocycles. The molecular weight excluding hydrogens is 316 g/mol. The topological polar surface area (TPSA) is 62.4 Å². The van der Waals surface area contributed by atoms with Crippen LogP contribution in [-0.4, -0.2) is 29.9 Å². The van der Waals surface area contributed by atoms with Gasteiger partial charge in [-0.25, -0.2) is 0 Å². The number of benzene rings is 2. The molecule has 0 saturated carbocycles. The number of carbonyl (C=O) groups is 1. The molecule has 3 aromatic rings. The fourth-order valence-corrected chi connectivity index (χ4v) is 2.79. The van der Waals surface area contributed by atoms with Crippen LogP contribution in [0.3, 0.4) is 0 Å². The van der Waals surface area contributed by atoms with Crippen LogP contribution in [0.25, 0.3) is 10.8 Å². The number of hydrogen-bond acceptors (Lipinski definition) is 3. The third kappa shape index (κ3) is 3.55. The molecule has 3 rings (SSSR count). The van der Waals surface area contributed by atoms with Gasteiger partial charge in [-0.3, -0.25) is 9.59 Å². The molecule has 0 radical (unpaired) electrons. The van der Waals surface area contributed by atoms with Gasteiger partial charge < -0.3 is 14.6 Å². The van der Waals surface area contributed by atoms with E-state index in [-0.39, 0.29) is 17.0 Å². The minimum absolute atomic E-state index is 0.152. The molecule has 0 bridgehead atoms. The molecule has 5 heteroatoms. The van der Waals surface area contributed by atoms with Crippen molar-refractivity contribution in [3.05, 3.63) is 75.7 Å². The molecule has 0 spiro atoms. The number of rotatable bonds is 4. The van der Waals surface area contributed by atoms with Crippen LogP contribution < -0.4 is 10.3 Å². The second kappa shape index (κ2) is 6.81. The Morgan fingerprint density at radius 2 is 1.80 bits per heavy atom. The molecule has 0 saturated heterocycles. The molecule has 1 amide bonds. The number of methoxy groups -OCH3 is 1. The van der Waals surface area contributed by atoms with Crippen LogP contribution in [0, 0.1) is 6.92 Å². The van der Waals surface area contributed by atoms with Crippen molar-refractivity contribution in [3.8, 4) is 5.75 Å². The average molecular weight is 336 g/mol. The number of carbonyl (C=O) groups excluding carboxylic acids is 1. The predicted molar refractivity (Wildman–Crippen MR) is 98.1 cm³/mol. The summed E-state index contributed by atoms with van der Waals surface area (Å²) in [4.78, 5) is 28.7. The minimum Gasteiger partial charge on any atom is -0.497 e. The lowest BCUT2D eigenvalue weighted by Crippen LogP contribution is -2.31. The van der Waals surface area contributed by atoms with Crippen molar-refractivity contribution in [2.75, 3.05) is 14.2 Å². The fraction of sp³-hybridized carbons (Fsp3) is 0.200. The molecule has 0 aliphatic heterocycles. The fourth-order valence-electron chi connectivity index (χ4n) is 2.79. The summed E-state index contributed by atoms with van der Waals surface area (Å²) in [7, 11) is 3.34. The summed E-state index contributed by atoms with van der Waals surface area (Å²) in [6.07, 6.45) is 0. The number of amides is 1. The van der Waals surface area contributed by atoms with Gasteiger partial charge in [0, 0.05) is 19.3 Å². The van der Waals surface area contributed by atoms with Crippen molar-refractivity contribution in [1.82, 2.24) is 9.88 Å². The van der Waals surface area contributed by atoms with Gasteiger partial charge >= 0.3 is 0 Å². The predicted octanol–water partition coefficient (Wildman–Crippen LogP) is 3.12. The Kier molecular flexibility index (Phi) is 4.57. The van der Waals surface area contributed by atoms with Crippen molar-refractivity contribution in [2.24, 2.45) is 0 Å². The molecular formula is C20H20N2O3. The first kappa shape index (κ1) is 16.8. The van der Waals surface area contributed by atoms with Gasteiger partial charge in [-0.2, -0.15) is 0 Å². The molecule has 1 aromatic heterocycles. The highest BCUT2D eigenvalue weighted by Gasteiger charge is 2.15. The molecule has 0 aliphatic rings. The number of hydrogen-bond donors (Lipinski definition) is 1. The first-order valence-corrected chi connectivity index (χ1v) is 8.00. The summed E-state index contributed by atoms with van der Waals surface area (Å²) >= 11 is 0. The van der Waals surface area contributed by atoms with Crippen LogP contribution in [0.1, 0.15) is 21.6 Å². The van der Waals surface area contributed by atoms with Crippen LogP contribution in [0.5, 0.6) is 5.75 Å². The van der Waals surface area contributed by atoms with Gasteiger partial charge in [0.25, 0.3) is 11.5 Å². The van der Waals surface area contributed by atoms with Crippen LogP contribution >= 0.6 is 0 Å². The van der Waals surface area contributed by atoms with E-state index in [1.54, 1.807) is 38.1 Å². The van der Waals surface area contributed by atoms with Crippen LogP contribution in [-0.2, 0) is 6.54 Å². The standard InChI is InChI=1S/C20H20N2O3/c1-13-4-9-18(19(23)21-13)20(24)22(2)12-14-5-6-16-11-17(25-3)8-7-15(16)10-14/h4-11H,12H2,1-3H3,(H,21,23). The van der Waals surface area contributed by atoms with E-state index in [2.05, 4.69) is 4.98 Å². The van der Waals surface area contributed by atoms with Crippen LogP contribution in [0.15, 0.2) is 53.3 Å². The van der Waals surface area contributed by atoms with Gasteiger partial charge in [0.15, 0.2) is 0 Å². The number of fused-ring (bicyclic) bond motifs is 1. The van der Waals surface area contributed by atoms with E-state index in [9.17, 15) is 9.59 Å². The zero-order valence-corrected chi connectivity index (χ0v) is 14.5. The van der Waals surface area contributed by atoms with Crippen molar-refractivity contribution >= 4 is 16.7 Å². The highest BCUT2D eigenvalue weighted by atomic mass is 16.5. The number of H-pyrrole nitrogens is 1. The van der Waals surface area contributed by atoms with Gasteiger partial charge in [-0.15, -0.1) is 0 Å². The van der Waals surface area contributed by atoms with Gasteiger partial charge in [-0.05, 0) is 53.6 Å². The summed E-state index contributed by atoms with van der Waals surface area (Å²) in [6.45, 7) is 2.21. The van der Waals surface area contributed by atoms with Crippen LogP contribution in [0.4, 0.5) is 0 Å². The van der Waals surface area contributed by atoms with E-state index in [0.29, 0.717) is 6.54 Å². The van der Waals surface area contributed by atoms with Crippen molar-refractivity contribution in [1.29, 1.82) is 0 Å². The lowest BCUT2D eigenvalue weighted by Gasteiger charge is -2.17. The van der Waals surface area contributed by atoms with Gasteiger partial charge in [0.05, 0.1) is 7.11 Å². The van der Waals surface area contributed by atoms with Crippen LogP contribution in [0.2, 0.25) is 0 Å². The SMILES string of the molecule is COc1ccc2cc(CN(C)C(=O)c3ccc(C)[nH]c3=O)ccc2c1. The lowest BCUT2D eigenvalue weighted by molar-refractivity contribution is 0.0783. The number of aromatic amines is 1. The van der Waals surface area contributed by atoms with Gasteiger partial charge in [0.1, 0.15) is 11.3 Å². The number of ether oxygens (including phenoxy) is 1. The van der Waals surface area contributed by atoms with Crippen molar-refractivity contribution in [2.45, 2.75) is 13.5 Å². The Bertz CT molecular complexity index is 992. The summed E-state index contributed by atoms with van der Waals surface area (Å²) in [5, 5.41) is 2.15. The van der Waals surface area contributed by atoms with Gasteiger partial charge in [-0.1, -0.05) is 18.2 Å². The van der Waals surface area contributed by atoms with Crippen molar-refractivity contribution < 1.29 is 9.53 Å². The molecule has 0 aliphatic carbocycles. The molecule has 128 valence electrons. The number of aryl methyl sites for hydroxylation is 1. The van der Waals surface area contributed by atoms with Gasteiger partial charge in [0.2, 0.25) is 0 Å². The number of nitrogens with one attached hydrogen (secondary N) is 1. The Balaban J connectivity index is 1.82. The molecule has 1 heterocycles. The van der Waals surface area contributed by atoms with E-state index in [0.717, 1.165) is 27.8 Å². The minimum atomic E-state index is -0.359. The zero-order valence-electron chi connectivity index (χ0n) is 14.5. The first-order chi connectivity index (χ1) is 12.0. The highest BCUT2D eigenvalue weighted by Crippen LogP contribution is 2.22. The van der Waals surface area contributed by atoms with Crippen molar-refractivity contribution in [3.63, 3.8) is 0 Å². The summed E-state index contributed by atoms with van der Waals surface area (Å²) in [6, 6.07) is 15.2. The summed E-state index contributed by atoms with van der Waals surface area (Å²) in [5.74, 6) is 0.516. The maximum Gasteiger partial charge on any atom is 0.260 e. The first-order valence-electron chi connectivity index (χ1n) is 8.00. The van der Waals surface area contributed by atoms with E-state index < -0.39 is 0 Å². The smallest absolute Gasteiger partial charge is 0.260 e. The molecule has 0 fully saturated rings. The Morgan fingerprint density at radius 3 is 2.52 bits per heavy atom. The van der Waals surface area contributed by atoms with E-state index in [1.807, 2.05) is 36.4 Å². The second-order valence-electron chi connectivity index (χ2n) is 6.09. The zero-order chi connectivity index (χ0) is 18.0. The summed E-state index contributed by atoms with van der Waals surface area (Å²) in [5.41, 5.74) is 1.52. The maximum absolute atomic E-state index is 12.5. The third-order valence-electron chi connectivity index (χ3n) is 4.16. The third-order valence-corrected chi connectivity index (χ3v) is 4.16. The monoisotopic (exact) mass is 336 g/mol. The lowest BCUT2D eigenvalue weighted by atomic mass is 10.1. The Labute approximate surface area is 145 Å². The van der Waals surface area contributed by atoms with E-state index in [1.165, 1.54) is 0 Å². The maximum atomic E-state index is 12.5. The second-order valence-corrected chi connectivity index (χ2v) is 6.09. The largest absolute Gasteiger partial charge is 0.497 e. The number of nitrogens with zero attached hydrogens (tertiary/aromatic N) is 1. The molecule has 25 heavy (non-hydrogen) atoms. The molecule has 1 N–H and O–H groups in total. The molecule has 0 atom stereocenters. The molecule has 0 unspecified atom stereocenters. The number of pyridine rings is 1. The normalized spacial score (nSPS) is 10.7. The van der Waals surface area contributed by atoms with E-state index in [4.69, 9.17) is 4.74 Å². The quantitative estimate of drug-likeness (QED) is 0.796.